The number of aromatic nitrogens is 3. The van der Waals surface area contributed by atoms with E-state index in [1.54, 1.807) is 13.3 Å². The van der Waals surface area contributed by atoms with Crippen LogP contribution in [0.15, 0.2) is 47.6 Å². The van der Waals surface area contributed by atoms with Gasteiger partial charge in [0.1, 0.15) is 6.61 Å². The number of ether oxygens (including phenoxy) is 4. The lowest BCUT2D eigenvalue weighted by Crippen LogP contribution is -2.40. The summed E-state index contributed by atoms with van der Waals surface area (Å²) in [5, 5.41) is 5.03. The van der Waals surface area contributed by atoms with Crippen LogP contribution in [-0.2, 0) is 16.1 Å². The Morgan fingerprint density at radius 1 is 0.921 bits per heavy atom. The van der Waals surface area contributed by atoms with Gasteiger partial charge in [-0.05, 0) is 29.8 Å². The van der Waals surface area contributed by atoms with Crippen LogP contribution in [0.1, 0.15) is 11.1 Å². The van der Waals surface area contributed by atoms with E-state index in [0.717, 1.165) is 37.3 Å². The molecule has 11 nitrogen and oxygen atoms in total. The van der Waals surface area contributed by atoms with Crippen LogP contribution in [0.25, 0.3) is 0 Å². The number of halogens is 1. The average Bonchev–Trinajstić information content (AvgIpc) is 2.97. The molecule has 0 aliphatic carbocycles. The Kier molecular flexibility index (Phi) is 8.69. The van der Waals surface area contributed by atoms with Gasteiger partial charge in [0.15, 0.2) is 11.5 Å². The summed E-state index contributed by atoms with van der Waals surface area (Å²) in [6.45, 7) is 5.74. The Morgan fingerprint density at radius 2 is 1.58 bits per heavy atom. The maximum absolute atomic E-state index is 6.27. The maximum Gasteiger partial charge on any atom is 0.250 e. The molecule has 0 spiro atoms. The van der Waals surface area contributed by atoms with Crippen molar-refractivity contribution >= 4 is 35.7 Å². The fraction of sp³-hybridized carbons (Fsp3) is 0.385. The summed E-state index contributed by atoms with van der Waals surface area (Å²) in [7, 11) is 1.60. The van der Waals surface area contributed by atoms with Crippen molar-refractivity contribution in [2.24, 2.45) is 5.10 Å². The van der Waals surface area contributed by atoms with Crippen molar-refractivity contribution in [1.29, 1.82) is 0 Å². The Hall–Kier alpha value is -3.67. The third-order valence-electron chi connectivity index (χ3n) is 6.11. The molecule has 200 valence electrons. The molecule has 12 heteroatoms. The van der Waals surface area contributed by atoms with E-state index >= 15 is 0 Å². The van der Waals surface area contributed by atoms with Gasteiger partial charge in [0.05, 0.1) is 39.8 Å². The van der Waals surface area contributed by atoms with E-state index in [-0.39, 0.29) is 0 Å². The summed E-state index contributed by atoms with van der Waals surface area (Å²) in [6, 6.07) is 13.1. The molecule has 38 heavy (non-hydrogen) atoms. The Morgan fingerprint density at radius 3 is 2.21 bits per heavy atom. The van der Waals surface area contributed by atoms with Crippen molar-refractivity contribution in [1.82, 2.24) is 15.0 Å². The molecule has 0 saturated carbocycles. The number of hydrazone groups is 1. The minimum atomic E-state index is 0.314. The number of benzene rings is 2. The van der Waals surface area contributed by atoms with Gasteiger partial charge >= 0.3 is 0 Å². The van der Waals surface area contributed by atoms with Gasteiger partial charge in [-0.2, -0.15) is 20.1 Å². The van der Waals surface area contributed by atoms with E-state index in [1.165, 1.54) is 0 Å². The first kappa shape index (κ1) is 26.0. The van der Waals surface area contributed by atoms with Gasteiger partial charge in [-0.15, -0.1) is 0 Å². The monoisotopic (exact) mass is 539 g/mol. The first-order chi connectivity index (χ1) is 18.7. The smallest absolute Gasteiger partial charge is 0.250 e. The highest BCUT2D eigenvalue weighted by molar-refractivity contribution is 6.31. The molecule has 1 N–H and O–H groups in total. The zero-order chi connectivity index (χ0) is 26.2. The molecule has 3 heterocycles. The molecule has 0 atom stereocenters. The molecule has 2 fully saturated rings. The highest BCUT2D eigenvalue weighted by Gasteiger charge is 2.20. The fourth-order valence-corrected chi connectivity index (χ4v) is 4.23. The largest absolute Gasteiger partial charge is 0.493 e. The normalized spacial score (nSPS) is 16.1. The predicted molar refractivity (Wildman–Crippen MR) is 146 cm³/mol. The Bertz CT molecular complexity index is 1210. The van der Waals surface area contributed by atoms with Crippen molar-refractivity contribution in [3.63, 3.8) is 0 Å². The second-order valence-electron chi connectivity index (χ2n) is 8.62. The minimum absolute atomic E-state index is 0.314. The van der Waals surface area contributed by atoms with E-state index < -0.39 is 0 Å². The van der Waals surface area contributed by atoms with Crippen LogP contribution in [-0.4, -0.2) is 80.9 Å². The van der Waals surface area contributed by atoms with E-state index in [0.29, 0.717) is 67.4 Å². The number of hydrogen-bond donors (Lipinski definition) is 1. The Balaban J connectivity index is 1.31. The lowest BCUT2D eigenvalue weighted by molar-refractivity contribution is 0.121. The lowest BCUT2D eigenvalue weighted by Gasteiger charge is -2.30. The van der Waals surface area contributed by atoms with Gasteiger partial charge in [0.25, 0.3) is 0 Å². The van der Waals surface area contributed by atoms with Gasteiger partial charge in [-0.1, -0.05) is 29.8 Å². The third-order valence-corrected chi connectivity index (χ3v) is 6.48. The Labute approximate surface area is 226 Å². The zero-order valence-electron chi connectivity index (χ0n) is 21.2. The molecule has 2 saturated heterocycles. The highest BCUT2D eigenvalue weighted by Crippen LogP contribution is 2.29. The summed E-state index contributed by atoms with van der Waals surface area (Å²) in [6.07, 6.45) is 1.67. The van der Waals surface area contributed by atoms with Gasteiger partial charge in [0, 0.05) is 36.8 Å². The van der Waals surface area contributed by atoms with Crippen molar-refractivity contribution in [2.45, 2.75) is 6.61 Å². The molecule has 3 aromatic rings. The summed E-state index contributed by atoms with van der Waals surface area (Å²) in [5.41, 5.74) is 4.66. The van der Waals surface area contributed by atoms with Crippen molar-refractivity contribution in [3.05, 3.63) is 58.6 Å². The second kappa shape index (κ2) is 12.7. The second-order valence-corrected chi connectivity index (χ2v) is 9.03. The van der Waals surface area contributed by atoms with Crippen LogP contribution >= 0.6 is 11.6 Å². The minimum Gasteiger partial charge on any atom is -0.493 e. The number of nitrogens with one attached hydrogen (secondary N) is 1. The topological polar surface area (TPSA) is 106 Å². The standard InChI is InChI=1S/C26H30ClN7O4/c1-35-22-7-6-19(16-23(22)38-18-20-4-2-3-5-21(20)27)17-28-32-24-29-25(33-8-12-36-13-9-33)31-26(30-24)34-10-14-37-15-11-34/h2-7,16-17H,8-15,18H2,1H3,(H,29,30,31,32)/b28-17+. The average molecular weight is 540 g/mol. The summed E-state index contributed by atoms with van der Waals surface area (Å²) in [4.78, 5) is 18.1. The van der Waals surface area contributed by atoms with E-state index in [4.69, 9.17) is 35.5 Å². The first-order valence-electron chi connectivity index (χ1n) is 12.4. The SMILES string of the molecule is COc1ccc(/C=N/Nc2nc(N3CCOCC3)nc(N3CCOCC3)n2)cc1OCc1ccccc1Cl. The third kappa shape index (κ3) is 6.60. The van der Waals surface area contributed by atoms with Crippen LogP contribution in [0.4, 0.5) is 17.8 Å². The molecule has 2 aliphatic heterocycles. The summed E-state index contributed by atoms with van der Waals surface area (Å²) < 4.78 is 22.4. The van der Waals surface area contributed by atoms with Crippen LogP contribution in [0.5, 0.6) is 11.5 Å². The summed E-state index contributed by atoms with van der Waals surface area (Å²) in [5.74, 6) is 2.76. The van der Waals surface area contributed by atoms with Gasteiger partial charge in [-0.25, -0.2) is 5.43 Å². The number of morpholine rings is 2. The van der Waals surface area contributed by atoms with Gasteiger partial charge in [-0.3, -0.25) is 0 Å². The molecule has 0 bridgehead atoms. The zero-order valence-corrected chi connectivity index (χ0v) is 21.9. The highest BCUT2D eigenvalue weighted by atomic mass is 35.5. The molecular weight excluding hydrogens is 510 g/mol. The maximum atomic E-state index is 6.27. The molecule has 5 rings (SSSR count). The molecular formula is C26H30ClN7O4. The molecule has 2 aliphatic rings. The van der Waals surface area contributed by atoms with Crippen molar-refractivity contribution < 1.29 is 18.9 Å². The van der Waals surface area contributed by atoms with Crippen LogP contribution < -0.4 is 24.7 Å². The molecule has 2 aromatic carbocycles. The van der Waals surface area contributed by atoms with E-state index in [2.05, 4.69) is 30.3 Å². The number of nitrogens with zero attached hydrogens (tertiary/aromatic N) is 6. The predicted octanol–water partition coefficient (Wildman–Crippen LogP) is 3.23. The van der Waals surface area contributed by atoms with Crippen LogP contribution in [0.2, 0.25) is 5.02 Å². The number of anilines is 3. The van der Waals surface area contributed by atoms with Crippen LogP contribution in [0.3, 0.4) is 0 Å². The van der Waals surface area contributed by atoms with Crippen molar-refractivity contribution in [2.75, 3.05) is 74.9 Å². The van der Waals surface area contributed by atoms with Crippen molar-refractivity contribution in [3.8, 4) is 11.5 Å². The van der Waals surface area contributed by atoms with Crippen LogP contribution in [0, 0.1) is 0 Å². The van der Waals surface area contributed by atoms with Gasteiger partial charge < -0.3 is 28.7 Å². The van der Waals surface area contributed by atoms with E-state index in [1.807, 2.05) is 42.5 Å². The first-order valence-corrected chi connectivity index (χ1v) is 12.8. The lowest BCUT2D eigenvalue weighted by atomic mass is 10.2. The fourth-order valence-electron chi connectivity index (χ4n) is 4.04. The number of hydrogen-bond acceptors (Lipinski definition) is 11. The summed E-state index contributed by atoms with van der Waals surface area (Å²) >= 11 is 6.27. The number of methoxy groups -OCH3 is 1. The molecule has 1 aromatic heterocycles. The quantitative estimate of drug-likeness (QED) is 0.322. The van der Waals surface area contributed by atoms with E-state index in [9.17, 15) is 0 Å². The molecule has 0 unspecified atom stereocenters. The number of rotatable bonds is 9. The molecule has 0 amide bonds. The van der Waals surface area contributed by atoms with Gasteiger partial charge in [0.2, 0.25) is 17.8 Å². The molecule has 0 radical (unpaired) electrons.